The third-order valence-corrected chi connectivity index (χ3v) is 4.10. The van der Waals surface area contributed by atoms with Crippen molar-refractivity contribution >= 4 is 30.1 Å². The highest BCUT2D eigenvalue weighted by molar-refractivity contribution is 6.13. The van der Waals surface area contributed by atoms with Crippen LogP contribution in [0.2, 0.25) is 0 Å². The predicted octanol–water partition coefficient (Wildman–Crippen LogP) is 3.81. The summed E-state index contributed by atoms with van der Waals surface area (Å²) in [5.74, 6) is 0.224. The van der Waals surface area contributed by atoms with Gasteiger partial charge in [-0.05, 0) is 36.4 Å². The fourth-order valence-corrected chi connectivity index (χ4v) is 2.69. The molecule has 8 heteroatoms. The van der Waals surface area contributed by atoms with Crippen LogP contribution in [0.1, 0.15) is 20.7 Å². The first-order valence-corrected chi connectivity index (χ1v) is 8.56. The number of methoxy groups -OCH3 is 2. The van der Waals surface area contributed by atoms with E-state index in [0.29, 0.717) is 22.7 Å². The molecule has 0 unspecified atom stereocenters. The maximum Gasteiger partial charge on any atom is 0.283 e. The van der Waals surface area contributed by atoms with Crippen LogP contribution in [0.4, 0.5) is 11.6 Å². The van der Waals surface area contributed by atoms with Gasteiger partial charge in [0.25, 0.3) is 11.8 Å². The summed E-state index contributed by atoms with van der Waals surface area (Å²) in [5.41, 5.74) is 0.886. The number of nitrogens with zero attached hydrogens (tertiary/aromatic N) is 2. The molecule has 0 atom stereocenters. The minimum atomic E-state index is -0.502. The van der Waals surface area contributed by atoms with Gasteiger partial charge in [0.1, 0.15) is 0 Å². The number of hydrogen-bond acceptors (Lipinski definition) is 6. The second-order valence-corrected chi connectivity index (χ2v) is 5.78. The second kappa shape index (κ2) is 8.75. The molecule has 1 N–H and O–H groups in total. The summed E-state index contributed by atoms with van der Waals surface area (Å²) in [6.45, 7) is 3.42. The number of hydrazone groups is 1. The standard InChI is InChI=1S/C21H19N3O5/c1-22-24(19-9-6-12-29-19)21(26)15-7-4-5-8-16(15)23-20(25)14-10-11-17(27-2)18(13-14)28-3/h4-13H,1H2,2-3H3,(H,23,25). The lowest BCUT2D eigenvalue weighted by atomic mass is 10.1. The minimum absolute atomic E-state index is 0.214. The van der Waals surface area contributed by atoms with Crippen LogP contribution in [0.25, 0.3) is 0 Å². The maximum absolute atomic E-state index is 12.9. The van der Waals surface area contributed by atoms with Gasteiger partial charge in [0.2, 0.25) is 5.88 Å². The number of benzene rings is 2. The molecule has 0 radical (unpaired) electrons. The maximum atomic E-state index is 12.9. The number of carbonyl (C=O) groups is 2. The summed E-state index contributed by atoms with van der Waals surface area (Å²) in [6.07, 6.45) is 1.42. The summed E-state index contributed by atoms with van der Waals surface area (Å²) in [4.78, 5) is 25.7. The summed E-state index contributed by atoms with van der Waals surface area (Å²) in [5, 5.41) is 7.48. The smallest absolute Gasteiger partial charge is 0.283 e. The number of rotatable bonds is 7. The van der Waals surface area contributed by atoms with Crippen molar-refractivity contribution in [2.24, 2.45) is 5.10 Å². The van der Waals surface area contributed by atoms with Crippen LogP contribution in [-0.2, 0) is 0 Å². The zero-order chi connectivity index (χ0) is 20.8. The van der Waals surface area contributed by atoms with E-state index in [0.717, 1.165) is 5.01 Å². The zero-order valence-corrected chi connectivity index (χ0v) is 15.9. The number of hydrogen-bond donors (Lipinski definition) is 1. The Hall–Kier alpha value is -4.07. The third-order valence-electron chi connectivity index (χ3n) is 4.10. The van der Waals surface area contributed by atoms with Gasteiger partial charge in [-0.3, -0.25) is 9.59 Å². The molecule has 0 bridgehead atoms. The first-order valence-electron chi connectivity index (χ1n) is 8.56. The zero-order valence-electron chi connectivity index (χ0n) is 15.9. The van der Waals surface area contributed by atoms with Crippen molar-refractivity contribution in [3.8, 4) is 11.5 Å². The van der Waals surface area contributed by atoms with E-state index in [1.807, 2.05) is 0 Å². The number of ether oxygens (including phenoxy) is 2. The fraction of sp³-hybridized carbons (Fsp3) is 0.0952. The molecule has 1 heterocycles. The summed E-state index contributed by atoms with van der Waals surface area (Å²) < 4.78 is 15.6. The van der Waals surface area contributed by atoms with Gasteiger partial charge in [0.15, 0.2) is 11.5 Å². The van der Waals surface area contributed by atoms with E-state index in [4.69, 9.17) is 13.9 Å². The van der Waals surface area contributed by atoms with Gasteiger partial charge in [0, 0.05) is 18.3 Å². The largest absolute Gasteiger partial charge is 0.493 e. The van der Waals surface area contributed by atoms with E-state index in [1.165, 1.54) is 20.5 Å². The van der Waals surface area contributed by atoms with Crippen molar-refractivity contribution in [3.05, 3.63) is 72.0 Å². The Labute approximate surface area is 167 Å². The molecule has 3 aromatic rings. The van der Waals surface area contributed by atoms with Crippen LogP contribution in [0.3, 0.4) is 0 Å². The molecule has 0 aliphatic heterocycles. The van der Waals surface area contributed by atoms with Crippen LogP contribution in [0.5, 0.6) is 11.5 Å². The Balaban J connectivity index is 1.88. The summed E-state index contributed by atoms with van der Waals surface area (Å²) >= 11 is 0. The highest BCUT2D eigenvalue weighted by Gasteiger charge is 2.22. The Morgan fingerprint density at radius 1 is 1.03 bits per heavy atom. The topological polar surface area (TPSA) is 93.4 Å². The molecule has 3 rings (SSSR count). The van der Waals surface area contributed by atoms with Gasteiger partial charge in [-0.15, -0.1) is 0 Å². The van der Waals surface area contributed by atoms with Crippen LogP contribution in [-0.4, -0.2) is 32.8 Å². The van der Waals surface area contributed by atoms with Crippen molar-refractivity contribution in [2.75, 3.05) is 24.5 Å². The van der Waals surface area contributed by atoms with E-state index in [2.05, 4.69) is 17.1 Å². The molecule has 1 aromatic heterocycles. The van der Waals surface area contributed by atoms with Gasteiger partial charge >= 0.3 is 0 Å². The quantitative estimate of drug-likeness (QED) is 0.487. The molecule has 2 amide bonds. The number of para-hydroxylation sites is 1. The lowest BCUT2D eigenvalue weighted by Crippen LogP contribution is -2.26. The summed E-state index contributed by atoms with van der Waals surface area (Å²) in [7, 11) is 3.00. The number of amides is 2. The van der Waals surface area contributed by atoms with Crippen molar-refractivity contribution in [1.82, 2.24) is 0 Å². The average molecular weight is 393 g/mol. The van der Waals surface area contributed by atoms with Crippen molar-refractivity contribution in [3.63, 3.8) is 0 Å². The molecule has 2 aromatic carbocycles. The molecule has 8 nitrogen and oxygen atoms in total. The minimum Gasteiger partial charge on any atom is -0.493 e. The number of carbonyl (C=O) groups excluding carboxylic acids is 2. The van der Waals surface area contributed by atoms with Gasteiger partial charge in [0.05, 0.1) is 31.7 Å². The first kappa shape index (κ1) is 19.7. The average Bonchev–Trinajstić information content (AvgIpc) is 3.28. The molecule has 0 fully saturated rings. The Kier molecular flexibility index (Phi) is 5.94. The van der Waals surface area contributed by atoms with E-state index >= 15 is 0 Å². The van der Waals surface area contributed by atoms with Crippen molar-refractivity contribution < 1.29 is 23.5 Å². The molecule has 0 saturated carbocycles. The number of furan rings is 1. The lowest BCUT2D eigenvalue weighted by molar-refractivity contribution is 0.0984. The summed E-state index contributed by atoms with van der Waals surface area (Å²) in [6, 6.07) is 14.6. The highest BCUT2D eigenvalue weighted by atomic mass is 16.5. The SMILES string of the molecule is C=NN(C(=O)c1ccccc1NC(=O)c1ccc(OC)c(OC)c1)c1ccco1. The molecular weight excluding hydrogens is 374 g/mol. The third kappa shape index (κ3) is 4.11. The van der Waals surface area contributed by atoms with Crippen LogP contribution < -0.4 is 19.8 Å². The fourth-order valence-electron chi connectivity index (χ4n) is 2.69. The van der Waals surface area contributed by atoms with Crippen LogP contribution in [0, 0.1) is 0 Å². The van der Waals surface area contributed by atoms with E-state index < -0.39 is 11.8 Å². The van der Waals surface area contributed by atoms with E-state index in [1.54, 1.807) is 54.6 Å². The van der Waals surface area contributed by atoms with Crippen molar-refractivity contribution in [1.29, 1.82) is 0 Å². The van der Waals surface area contributed by atoms with Gasteiger partial charge < -0.3 is 19.2 Å². The Morgan fingerprint density at radius 2 is 1.79 bits per heavy atom. The molecule has 148 valence electrons. The number of nitrogens with one attached hydrogen (secondary N) is 1. The molecule has 0 aliphatic rings. The normalized spacial score (nSPS) is 10.1. The predicted molar refractivity (Wildman–Crippen MR) is 109 cm³/mol. The second-order valence-electron chi connectivity index (χ2n) is 5.78. The van der Waals surface area contributed by atoms with E-state index in [9.17, 15) is 9.59 Å². The molecule has 0 aliphatic carbocycles. The lowest BCUT2D eigenvalue weighted by Gasteiger charge is -2.16. The molecular formula is C21H19N3O5. The Morgan fingerprint density at radius 3 is 2.45 bits per heavy atom. The highest BCUT2D eigenvalue weighted by Crippen LogP contribution is 2.28. The van der Waals surface area contributed by atoms with Gasteiger partial charge in [-0.1, -0.05) is 12.1 Å². The van der Waals surface area contributed by atoms with Crippen LogP contribution >= 0.6 is 0 Å². The van der Waals surface area contributed by atoms with Crippen molar-refractivity contribution in [2.45, 2.75) is 0 Å². The Bertz CT molecular complexity index is 1030. The monoisotopic (exact) mass is 393 g/mol. The van der Waals surface area contributed by atoms with E-state index in [-0.39, 0.29) is 11.4 Å². The van der Waals surface area contributed by atoms with Gasteiger partial charge in [-0.2, -0.15) is 10.1 Å². The number of anilines is 2. The first-order chi connectivity index (χ1) is 14.1. The van der Waals surface area contributed by atoms with Gasteiger partial charge in [-0.25, -0.2) is 0 Å². The molecule has 29 heavy (non-hydrogen) atoms. The van der Waals surface area contributed by atoms with Crippen LogP contribution in [0.15, 0.2) is 70.4 Å². The molecule has 0 saturated heterocycles. The molecule has 0 spiro atoms.